The minimum atomic E-state index is -0.301. The van der Waals surface area contributed by atoms with E-state index < -0.39 is 0 Å². The van der Waals surface area contributed by atoms with Crippen molar-refractivity contribution < 1.29 is 19.1 Å². The number of amides is 2. The maximum atomic E-state index is 13.1. The molecule has 2 aromatic carbocycles. The van der Waals surface area contributed by atoms with Gasteiger partial charge in [0.15, 0.2) is 0 Å². The summed E-state index contributed by atoms with van der Waals surface area (Å²) in [6, 6.07) is 15.8. The van der Waals surface area contributed by atoms with Crippen LogP contribution in [0.3, 0.4) is 0 Å². The van der Waals surface area contributed by atoms with Crippen molar-refractivity contribution in [2.75, 3.05) is 26.2 Å². The lowest BCUT2D eigenvalue weighted by molar-refractivity contribution is -0.138. The van der Waals surface area contributed by atoms with Crippen LogP contribution in [-0.4, -0.2) is 48.0 Å². The summed E-state index contributed by atoms with van der Waals surface area (Å²) in [6.45, 7) is 5.38. The first-order chi connectivity index (χ1) is 15.1. The molecule has 4 rings (SSSR count). The van der Waals surface area contributed by atoms with Gasteiger partial charge in [-0.2, -0.15) is 0 Å². The maximum absolute atomic E-state index is 13.1. The third-order valence-electron chi connectivity index (χ3n) is 6.12. The molecule has 0 radical (unpaired) electrons. The molecule has 2 aliphatic rings. The van der Waals surface area contributed by atoms with E-state index in [1.54, 1.807) is 4.90 Å². The minimum Gasteiger partial charge on any atom is -0.494 e. The van der Waals surface area contributed by atoms with E-state index in [2.05, 4.69) is 12.1 Å². The van der Waals surface area contributed by atoms with Crippen LogP contribution in [0.4, 0.5) is 4.79 Å². The summed E-state index contributed by atoms with van der Waals surface area (Å²) in [5, 5.41) is 0. The summed E-state index contributed by atoms with van der Waals surface area (Å²) in [5.74, 6) is 1.03. The highest BCUT2D eigenvalue weighted by Crippen LogP contribution is 2.27. The number of carbonyl (C=O) groups is 2. The van der Waals surface area contributed by atoms with Crippen LogP contribution >= 0.6 is 0 Å². The maximum Gasteiger partial charge on any atom is 0.410 e. The lowest BCUT2D eigenvalue weighted by Gasteiger charge is -2.35. The Bertz CT molecular complexity index is 907. The van der Waals surface area contributed by atoms with Gasteiger partial charge >= 0.3 is 6.09 Å². The van der Waals surface area contributed by atoms with E-state index in [1.165, 1.54) is 11.1 Å². The number of benzene rings is 2. The second-order valence-electron chi connectivity index (χ2n) is 8.17. The number of likely N-dealkylation sites (tertiary alicyclic amines) is 1. The summed E-state index contributed by atoms with van der Waals surface area (Å²) in [5.41, 5.74) is 3.44. The fourth-order valence-electron chi connectivity index (χ4n) is 4.36. The molecule has 0 aliphatic carbocycles. The smallest absolute Gasteiger partial charge is 0.410 e. The van der Waals surface area contributed by atoms with Gasteiger partial charge in [0.1, 0.15) is 12.4 Å². The molecule has 2 amide bonds. The van der Waals surface area contributed by atoms with Crippen molar-refractivity contribution in [3.8, 4) is 5.75 Å². The molecular weight excluding hydrogens is 392 g/mol. The van der Waals surface area contributed by atoms with Crippen LogP contribution in [0, 0.1) is 5.92 Å². The van der Waals surface area contributed by atoms with Gasteiger partial charge in [-0.25, -0.2) is 4.79 Å². The van der Waals surface area contributed by atoms with Crippen LogP contribution in [0.5, 0.6) is 5.75 Å². The summed E-state index contributed by atoms with van der Waals surface area (Å²) < 4.78 is 11.0. The molecule has 0 unspecified atom stereocenters. The van der Waals surface area contributed by atoms with Gasteiger partial charge in [-0.3, -0.25) is 4.79 Å². The van der Waals surface area contributed by atoms with Crippen molar-refractivity contribution in [3.63, 3.8) is 0 Å². The molecule has 0 saturated carbocycles. The van der Waals surface area contributed by atoms with Gasteiger partial charge in [-0.1, -0.05) is 36.4 Å². The van der Waals surface area contributed by atoms with E-state index in [0.717, 1.165) is 24.3 Å². The van der Waals surface area contributed by atoms with Crippen LogP contribution < -0.4 is 4.74 Å². The molecule has 2 aliphatic heterocycles. The van der Waals surface area contributed by atoms with E-state index in [9.17, 15) is 9.59 Å². The summed E-state index contributed by atoms with van der Waals surface area (Å²) in [7, 11) is 0. The molecule has 31 heavy (non-hydrogen) atoms. The quantitative estimate of drug-likeness (QED) is 0.730. The number of fused-ring (bicyclic) bond motifs is 1. The molecule has 0 bridgehead atoms. The average molecular weight is 423 g/mol. The van der Waals surface area contributed by atoms with Crippen LogP contribution in [0.25, 0.3) is 0 Å². The van der Waals surface area contributed by atoms with E-state index in [1.807, 2.05) is 48.2 Å². The van der Waals surface area contributed by atoms with Crippen LogP contribution in [0.1, 0.15) is 36.5 Å². The van der Waals surface area contributed by atoms with Crippen molar-refractivity contribution in [2.45, 2.75) is 39.3 Å². The van der Waals surface area contributed by atoms with Gasteiger partial charge in [0, 0.05) is 32.1 Å². The molecule has 0 aromatic heterocycles. The van der Waals surface area contributed by atoms with Crippen LogP contribution in [-0.2, 0) is 29.1 Å². The molecule has 2 heterocycles. The fraction of sp³-hybridized carbons (Fsp3) is 0.440. The molecule has 6 nitrogen and oxygen atoms in total. The SMILES string of the molecule is CCOc1ccc2c(c1)CN(C(=O)C1CCN(C(=O)OCc3ccccc3)CC1)CC2. The van der Waals surface area contributed by atoms with E-state index >= 15 is 0 Å². The third kappa shape index (κ3) is 5.19. The van der Waals surface area contributed by atoms with Crippen molar-refractivity contribution >= 4 is 12.0 Å². The Balaban J connectivity index is 1.27. The monoisotopic (exact) mass is 422 g/mol. The first-order valence-electron chi connectivity index (χ1n) is 11.1. The highest BCUT2D eigenvalue weighted by Gasteiger charge is 2.32. The normalized spacial score (nSPS) is 16.5. The van der Waals surface area contributed by atoms with E-state index in [0.29, 0.717) is 39.1 Å². The molecular formula is C25H30N2O4. The van der Waals surface area contributed by atoms with Crippen molar-refractivity contribution in [2.24, 2.45) is 5.92 Å². The third-order valence-corrected chi connectivity index (χ3v) is 6.12. The molecule has 0 spiro atoms. The van der Waals surface area contributed by atoms with E-state index in [4.69, 9.17) is 9.47 Å². The molecule has 6 heteroatoms. The second-order valence-corrected chi connectivity index (χ2v) is 8.17. The van der Waals surface area contributed by atoms with Crippen molar-refractivity contribution in [1.29, 1.82) is 0 Å². The fourth-order valence-corrected chi connectivity index (χ4v) is 4.36. The Kier molecular flexibility index (Phi) is 6.75. The number of hydrogen-bond donors (Lipinski definition) is 0. The number of piperidine rings is 1. The lowest BCUT2D eigenvalue weighted by atomic mass is 9.93. The highest BCUT2D eigenvalue weighted by molar-refractivity contribution is 5.79. The van der Waals surface area contributed by atoms with Crippen molar-refractivity contribution in [3.05, 3.63) is 65.2 Å². The molecule has 0 atom stereocenters. The summed E-state index contributed by atoms with van der Waals surface area (Å²) in [4.78, 5) is 29.2. The molecule has 164 valence electrons. The lowest BCUT2D eigenvalue weighted by Crippen LogP contribution is -2.45. The minimum absolute atomic E-state index is 0.0326. The topological polar surface area (TPSA) is 59.1 Å². The molecule has 0 N–H and O–H groups in total. The summed E-state index contributed by atoms with van der Waals surface area (Å²) >= 11 is 0. The summed E-state index contributed by atoms with van der Waals surface area (Å²) in [6.07, 6.45) is 1.94. The van der Waals surface area contributed by atoms with Gasteiger partial charge in [0.2, 0.25) is 5.91 Å². The predicted molar refractivity (Wildman–Crippen MR) is 118 cm³/mol. The standard InChI is InChI=1S/C25H30N2O4/c1-2-30-23-9-8-20-10-15-27(17-22(20)16-23)24(28)21-11-13-26(14-12-21)25(29)31-18-19-6-4-3-5-7-19/h3-9,16,21H,2,10-15,17-18H2,1H3. The number of hydrogen-bond acceptors (Lipinski definition) is 4. The van der Waals surface area contributed by atoms with E-state index in [-0.39, 0.29) is 24.5 Å². The van der Waals surface area contributed by atoms with Gasteiger partial charge in [-0.15, -0.1) is 0 Å². The highest BCUT2D eigenvalue weighted by atomic mass is 16.6. The first kappa shape index (κ1) is 21.2. The largest absolute Gasteiger partial charge is 0.494 e. The molecule has 2 aromatic rings. The van der Waals surface area contributed by atoms with Gasteiger partial charge in [-0.05, 0) is 55.0 Å². The number of ether oxygens (including phenoxy) is 2. The first-order valence-corrected chi connectivity index (χ1v) is 11.1. The van der Waals surface area contributed by atoms with Gasteiger partial charge in [0.05, 0.1) is 6.61 Å². The zero-order valence-corrected chi connectivity index (χ0v) is 18.1. The van der Waals surface area contributed by atoms with Gasteiger partial charge in [0.25, 0.3) is 0 Å². The Labute approximate surface area is 183 Å². The van der Waals surface area contributed by atoms with Crippen LogP contribution in [0.15, 0.2) is 48.5 Å². The zero-order chi connectivity index (χ0) is 21.6. The van der Waals surface area contributed by atoms with Crippen molar-refractivity contribution in [1.82, 2.24) is 9.80 Å². The molecule has 1 fully saturated rings. The van der Waals surface area contributed by atoms with Crippen LogP contribution in [0.2, 0.25) is 0 Å². The average Bonchev–Trinajstić information content (AvgIpc) is 2.82. The predicted octanol–water partition coefficient (Wildman–Crippen LogP) is 4.02. The zero-order valence-electron chi connectivity index (χ0n) is 18.1. The number of rotatable bonds is 5. The Morgan fingerprint density at radius 2 is 1.74 bits per heavy atom. The Hall–Kier alpha value is -3.02. The Morgan fingerprint density at radius 3 is 2.48 bits per heavy atom. The Morgan fingerprint density at radius 1 is 0.968 bits per heavy atom. The number of carbonyl (C=O) groups excluding carboxylic acids is 2. The second kappa shape index (κ2) is 9.86. The van der Waals surface area contributed by atoms with Gasteiger partial charge < -0.3 is 19.3 Å². The molecule has 1 saturated heterocycles. The number of nitrogens with zero attached hydrogens (tertiary/aromatic N) is 2.